The molecule has 0 saturated heterocycles. The highest BCUT2D eigenvalue weighted by Gasteiger charge is 2.37. The normalized spacial score (nSPS) is 11.8. The van der Waals surface area contributed by atoms with Crippen molar-refractivity contribution in [2.24, 2.45) is 0 Å². The van der Waals surface area contributed by atoms with Crippen molar-refractivity contribution >= 4 is 17.0 Å². The van der Waals surface area contributed by atoms with Crippen LogP contribution in [0.3, 0.4) is 0 Å². The number of carbonyl (C=O) groups is 1. The van der Waals surface area contributed by atoms with Crippen LogP contribution in [0, 0.1) is 0 Å². The van der Waals surface area contributed by atoms with Crippen LogP contribution in [-0.4, -0.2) is 21.0 Å². The van der Waals surface area contributed by atoms with Crippen molar-refractivity contribution < 1.29 is 23.1 Å². The van der Waals surface area contributed by atoms with E-state index in [-0.39, 0.29) is 11.0 Å². The fourth-order valence-corrected chi connectivity index (χ4v) is 1.67. The number of hydrogen-bond donors (Lipinski definition) is 1. The van der Waals surface area contributed by atoms with Gasteiger partial charge in [0.1, 0.15) is 0 Å². The SMILES string of the molecule is CCc1ccc2cc(C(=O)O)c(C(F)(F)F)nc2n1. The molecule has 0 aromatic carbocycles. The largest absolute Gasteiger partial charge is 0.478 e. The predicted molar refractivity (Wildman–Crippen MR) is 60.9 cm³/mol. The summed E-state index contributed by atoms with van der Waals surface area (Å²) >= 11 is 0. The van der Waals surface area contributed by atoms with Crippen LogP contribution in [0.15, 0.2) is 18.2 Å². The first kappa shape index (κ1) is 13.3. The Balaban J connectivity index is 2.77. The molecule has 4 nitrogen and oxygen atoms in total. The lowest BCUT2D eigenvalue weighted by Gasteiger charge is -2.10. The quantitative estimate of drug-likeness (QED) is 0.911. The molecule has 19 heavy (non-hydrogen) atoms. The van der Waals surface area contributed by atoms with Gasteiger partial charge in [-0.3, -0.25) is 0 Å². The van der Waals surface area contributed by atoms with Crippen LogP contribution in [0.1, 0.15) is 28.7 Å². The van der Waals surface area contributed by atoms with E-state index in [4.69, 9.17) is 5.11 Å². The van der Waals surface area contributed by atoms with Gasteiger partial charge in [-0.25, -0.2) is 14.8 Å². The molecule has 0 atom stereocenters. The second-order valence-electron chi connectivity index (χ2n) is 3.89. The summed E-state index contributed by atoms with van der Waals surface area (Å²) in [5.74, 6) is -1.67. The molecule has 0 aliphatic rings. The van der Waals surface area contributed by atoms with E-state index in [0.29, 0.717) is 12.1 Å². The average molecular weight is 270 g/mol. The van der Waals surface area contributed by atoms with Crippen molar-refractivity contribution in [1.29, 1.82) is 0 Å². The minimum Gasteiger partial charge on any atom is -0.478 e. The Morgan fingerprint density at radius 3 is 2.53 bits per heavy atom. The molecule has 0 aliphatic carbocycles. The summed E-state index contributed by atoms with van der Waals surface area (Å²) in [5.41, 5.74) is -1.80. The molecule has 7 heteroatoms. The van der Waals surface area contributed by atoms with Gasteiger partial charge in [-0.2, -0.15) is 13.2 Å². The highest BCUT2D eigenvalue weighted by molar-refractivity contribution is 5.93. The van der Waals surface area contributed by atoms with Crippen LogP contribution in [0.4, 0.5) is 13.2 Å². The number of nitrogens with zero attached hydrogens (tertiary/aromatic N) is 2. The van der Waals surface area contributed by atoms with Crippen molar-refractivity contribution in [2.45, 2.75) is 19.5 Å². The molecule has 0 spiro atoms. The number of aromatic carboxylic acids is 1. The summed E-state index contributed by atoms with van der Waals surface area (Å²) in [6.07, 6.45) is -4.27. The third kappa shape index (κ3) is 2.49. The van der Waals surface area contributed by atoms with Gasteiger partial charge < -0.3 is 5.11 Å². The maximum atomic E-state index is 12.8. The number of halogens is 3. The summed E-state index contributed by atoms with van der Waals surface area (Å²) in [5, 5.41) is 9.10. The van der Waals surface area contributed by atoms with E-state index in [9.17, 15) is 18.0 Å². The Morgan fingerprint density at radius 1 is 1.32 bits per heavy atom. The summed E-state index contributed by atoms with van der Waals surface area (Å²) in [6, 6.07) is 4.09. The Morgan fingerprint density at radius 2 is 2.00 bits per heavy atom. The first-order chi connectivity index (χ1) is 8.82. The highest BCUT2D eigenvalue weighted by Crippen LogP contribution is 2.32. The van der Waals surface area contributed by atoms with Gasteiger partial charge >= 0.3 is 12.1 Å². The molecule has 0 bridgehead atoms. The molecule has 2 rings (SSSR count). The lowest BCUT2D eigenvalue weighted by molar-refractivity contribution is -0.141. The summed E-state index contributed by atoms with van der Waals surface area (Å²) in [4.78, 5) is 18.2. The monoisotopic (exact) mass is 270 g/mol. The molecule has 2 aromatic rings. The van der Waals surface area contributed by atoms with Crippen LogP contribution in [0.25, 0.3) is 11.0 Å². The molecule has 0 radical (unpaired) electrons. The lowest BCUT2D eigenvalue weighted by Crippen LogP contribution is -2.15. The number of fused-ring (bicyclic) bond motifs is 1. The van der Waals surface area contributed by atoms with Gasteiger partial charge in [-0.1, -0.05) is 6.92 Å². The van der Waals surface area contributed by atoms with Gasteiger partial charge in [0.2, 0.25) is 0 Å². The third-order valence-corrected chi connectivity index (χ3v) is 2.60. The summed E-state index contributed by atoms with van der Waals surface area (Å²) < 4.78 is 38.3. The number of alkyl halides is 3. The smallest absolute Gasteiger partial charge is 0.434 e. The number of hydrogen-bond acceptors (Lipinski definition) is 3. The maximum absolute atomic E-state index is 12.8. The van der Waals surface area contributed by atoms with Crippen molar-refractivity contribution in [1.82, 2.24) is 9.97 Å². The molecule has 0 aliphatic heterocycles. The minimum absolute atomic E-state index is 0.100. The van der Waals surface area contributed by atoms with E-state index < -0.39 is 23.4 Å². The fraction of sp³-hybridized carbons (Fsp3) is 0.250. The number of carboxylic acids is 1. The molecule has 0 saturated carbocycles. The van der Waals surface area contributed by atoms with Gasteiger partial charge in [-0.15, -0.1) is 0 Å². The van der Waals surface area contributed by atoms with Crippen molar-refractivity contribution in [3.63, 3.8) is 0 Å². The molecule has 1 N–H and O–H groups in total. The molecular weight excluding hydrogens is 261 g/mol. The van der Waals surface area contributed by atoms with Crippen LogP contribution >= 0.6 is 0 Å². The van der Waals surface area contributed by atoms with Crippen molar-refractivity contribution in [3.8, 4) is 0 Å². The number of rotatable bonds is 2. The Bertz CT molecular complexity index is 653. The van der Waals surface area contributed by atoms with E-state index in [2.05, 4.69) is 9.97 Å². The van der Waals surface area contributed by atoms with Crippen LogP contribution in [0.2, 0.25) is 0 Å². The minimum atomic E-state index is -4.83. The van der Waals surface area contributed by atoms with Gasteiger partial charge in [0.25, 0.3) is 0 Å². The lowest BCUT2D eigenvalue weighted by atomic mass is 10.1. The molecular formula is C12H9F3N2O2. The second-order valence-corrected chi connectivity index (χ2v) is 3.89. The van der Waals surface area contributed by atoms with E-state index in [0.717, 1.165) is 6.07 Å². The molecule has 2 aromatic heterocycles. The van der Waals surface area contributed by atoms with Crippen LogP contribution in [-0.2, 0) is 12.6 Å². The number of aromatic nitrogens is 2. The molecule has 100 valence electrons. The Kier molecular flexibility index (Phi) is 3.13. The van der Waals surface area contributed by atoms with E-state index in [1.54, 1.807) is 6.07 Å². The highest BCUT2D eigenvalue weighted by atomic mass is 19.4. The van der Waals surface area contributed by atoms with Crippen LogP contribution in [0.5, 0.6) is 0 Å². The number of aryl methyl sites for hydroxylation is 1. The zero-order chi connectivity index (χ0) is 14.2. The standard InChI is InChI=1S/C12H9F3N2O2/c1-2-7-4-3-6-5-8(11(18)19)9(12(13,14)15)17-10(6)16-7/h3-5H,2H2,1H3,(H,18,19). The van der Waals surface area contributed by atoms with Gasteiger partial charge in [0.05, 0.1) is 5.56 Å². The van der Waals surface area contributed by atoms with E-state index >= 15 is 0 Å². The first-order valence-corrected chi connectivity index (χ1v) is 5.44. The molecule has 0 unspecified atom stereocenters. The first-order valence-electron chi connectivity index (χ1n) is 5.44. The van der Waals surface area contributed by atoms with E-state index in [1.165, 1.54) is 6.07 Å². The summed E-state index contributed by atoms with van der Waals surface area (Å²) in [7, 11) is 0. The zero-order valence-electron chi connectivity index (χ0n) is 9.82. The topological polar surface area (TPSA) is 63.1 Å². The van der Waals surface area contributed by atoms with Gasteiger partial charge in [0.15, 0.2) is 11.3 Å². The molecule has 0 fully saturated rings. The predicted octanol–water partition coefficient (Wildman–Crippen LogP) is 2.91. The second kappa shape index (κ2) is 4.49. The van der Waals surface area contributed by atoms with Gasteiger partial charge in [-0.05, 0) is 24.6 Å². The fourth-order valence-electron chi connectivity index (χ4n) is 1.67. The van der Waals surface area contributed by atoms with Crippen molar-refractivity contribution in [3.05, 3.63) is 35.2 Å². The third-order valence-electron chi connectivity index (χ3n) is 2.60. The Hall–Kier alpha value is -2.18. The maximum Gasteiger partial charge on any atom is 0.434 e. The molecule has 0 amide bonds. The van der Waals surface area contributed by atoms with E-state index in [1.807, 2.05) is 6.92 Å². The number of carboxylic acid groups (broad SMARTS) is 1. The van der Waals surface area contributed by atoms with Crippen LogP contribution < -0.4 is 0 Å². The zero-order valence-corrected chi connectivity index (χ0v) is 9.82. The summed E-state index contributed by atoms with van der Waals surface area (Å²) in [6.45, 7) is 1.81. The molecule has 2 heterocycles. The Labute approximate surface area is 105 Å². The number of pyridine rings is 2. The van der Waals surface area contributed by atoms with Gasteiger partial charge in [0, 0.05) is 11.1 Å². The van der Waals surface area contributed by atoms with Crippen molar-refractivity contribution in [2.75, 3.05) is 0 Å². The average Bonchev–Trinajstić information content (AvgIpc) is 2.35.